The summed E-state index contributed by atoms with van der Waals surface area (Å²) in [5.41, 5.74) is 2.82. The molecule has 0 aliphatic carbocycles. The van der Waals surface area contributed by atoms with Gasteiger partial charge in [0.05, 0.1) is 12.5 Å². The Morgan fingerprint density at radius 2 is 1.71 bits per heavy atom. The summed E-state index contributed by atoms with van der Waals surface area (Å²) in [6.45, 7) is 6.44. The van der Waals surface area contributed by atoms with Gasteiger partial charge in [0.25, 0.3) is 0 Å². The lowest BCUT2D eigenvalue weighted by Gasteiger charge is -2.30. The number of anilines is 1. The smallest absolute Gasteiger partial charge is 0.351 e. The van der Waals surface area contributed by atoms with Crippen molar-refractivity contribution in [2.24, 2.45) is 10.9 Å². The Morgan fingerprint density at radius 1 is 1.07 bits per heavy atom. The first-order valence-electron chi connectivity index (χ1n) is 12.4. The van der Waals surface area contributed by atoms with Crippen LogP contribution in [0.25, 0.3) is 0 Å². The lowest BCUT2D eigenvalue weighted by Crippen LogP contribution is -2.42. The maximum Gasteiger partial charge on any atom is 0.351 e. The van der Waals surface area contributed by atoms with Crippen molar-refractivity contribution in [3.8, 4) is 0 Å². The summed E-state index contributed by atoms with van der Waals surface area (Å²) < 4.78 is 16.7. The van der Waals surface area contributed by atoms with Gasteiger partial charge in [0.15, 0.2) is 24.1 Å². The molecule has 0 bridgehead atoms. The van der Waals surface area contributed by atoms with E-state index in [0.717, 1.165) is 4.57 Å². The lowest BCUT2D eigenvalue weighted by molar-refractivity contribution is -0.154. The number of aliphatic hydroxyl groups excluding tert-OH is 5. The molecule has 4 heterocycles. The summed E-state index contributed by atoms with van der Waals surface area (Å²) in [5, 5.41) is 65.8. The highest BCUT2D eigenvalue weighted by molar-refractivity contribution is 5.93. The number of aromatic nitrogens is 2. The van der Waals surface area contributed by atoms with Gasteiger partial charge in [-0.2, -0.15) is 4.98 Å². The molecule has 18 nitrogen and oxygen atoms in total. The highest BCUT2D eigenvalue weighted by Crippen LogP contribution is 2.29. The van der Waals surface area contributed by atoms with Gasteiger partial charge in [0, 0.05) is 12.4 Å². The SMILES string of the molecule is C=C1N=C(NO)C=CN1[C@@H]1O[C@H](COC(=O)C(C)C)[C@@H](O)[C@H]1O.O=c1nc(NO)ccn1[C@@H]1O[C@H](CO)[C@@H](O)[C@H]1O. The summed E-state index contributed by atoms with van der Waals surface area (Å²) >= 11 is 0. The number of amidine groups is 1. The average Bonchev–Trinajstić information content (AvgIpc) is 3.41. The highest BCUT2D eigenvalue weighted by atomic mass is 16.6. The fraction of sp³-hybridized carbons (Fsp3) is 0.565. The highest BCUT2D eigenvalue weighted by Gasteiger charge is 2.46. The number of aliphatic hydroxyl groups is 5. The minimum atomic E-state index is -1.35. The number of ether oxygens (including phenoxy) is 3. The Labute approximate surface area is 233 Å². The summed E-state index contributed by atoms with van der Waals surface area (Å²) in [7, 11) is 0. The zero-order valence-corrected chi connectivity index (χ0v) is 22.1. The second kappa shape index (κ2) is 13.9. The average molecular weight is 587 g/mol. The molecule has 0 aromatic carbocycles. The van der Waals surface area contributed by atoms with Crippen LogP contribution in [0.15, 0.2) is 46.7 Å². The van der Waals surface area contributed by atoms with E-state index in [-0.39, 0.29) is 30.0 Å². The number of aliphatic imine (C=N–C) groups is 1. The Hall–Kier alpha value is -3.46. The zero-order valence-electron chi connectivity index (χ0n) is 22.1. The van der Waals surface area contributed by atoms with Crippen LogP contribution < -0.4 is 16.6 Å². The first kappa shape index (κ1) is 32.1. The number of carbonyl (C=O) groups is 1. The van der Waals surface area contributed by atoms with Crippen LogP contribution in [0.3, 0.4) is 0 Å². The van der Waals surface area contributed by atoms with Gasteiger partial charge in [-0.25, -0.2) is 9.79 Å². The minimum Gasteiger partial charge on any atom is -0.463 e. The van der Waals surface area contributed by atoms with E-state index in [4.69, 9.17) is 29.7 Å². The first-order chi connectivity index (χ1) is 19.4. The van der Waals surface area contributed by atoms with Gasteiger partial charge in [0.2, 0.25) is 0 Å². The van der Waals surface area contributed by atoms with Crippen LogP contribution in [0, 0.1) is 5.92 Å². The maximum atomic E-state index is 11.6. The molecule has 0 radical (unpaired) electrons. The van der Waals surface area contributed by atoms with Crippen LogP contribution in [0.4, 0.5) is 5.82 Å². The van der Waals surface area contributed by atoms with Crippen LogP contribution in [0.5, 0.6) is 0 Å². The van der Waals surface area contributed by atoms with Crippen molar-refractivity contribution in [1.82, 2.24) is 19.9 Å². The molecule has 18 heteroatoms. The van der Waals surface area contributed by atoms with Crippen molar-refractivity contribution in [3.05, 3.63) is 47.4 Å². The van der Waals surface area contributed by atoms with E-state index in [1.54, 1.807) is 19.3 Å². The predicted octanol–water partition coefficient (Wildman–Crippen LogP) is -3.03. The van der Waals surface area contributed by atoms with Gasteiger partial charge in [-0.3, -0.25) is 30.7 Å². The number of nitrogens with zero attached hydrogens (tertiary/aromatic N) is 4. The van der Waals surface area contributed by atoms with E-state index in [0.29, 0.717) is 0 Å². The van der Waals surface area contributed by atoms with E-state index < -0.39 is 67.3 Å². The van der Waals surface area contributed by atoms with Crippen molar-refractivity contribution in [2.45, 2.75) is 62.9 Å². The Balaban J connectivity index is 0.000000232. The molecule has 41 heavy (non-hydrogen) atoms. The van der Waals surface area contributed by atoms with Gasteiger partial charge >= 0.3 is 11.7 Å². The Kier molecular flexibility index (Phi) is 10.9. The van der Waals surface area contributed by atoms with Crippen LogP contribution in [0.1, 0.15) is 20.1 Å². The standard InChI is InChI=1S/C14H21N3O6.C9H13N3O6/c1-7(2)14(20)22-6-9-11(18)12(19)13(23-9)17-5-4-10(16-21)15-8(17)3;13-3-4-6(14)7(15)8(18-4)12-2-1-5(11-17)10-9(12)16/h4-5,7,9,11-13,18-19,21H,3,6H2,1-2H3,(H,15,16);1-2,4,6-8,13-15,17H,3H2,(H,10,11,16)/t9-,11-,12-,13-;4-,6-,7-,8-/m11/s1. The third kappa shape index (κ3) is 7.25. The van der Waals surface area contributed by atoms with Crippen molar-refractivity contribution >= 4 is 17.6 Å². The van der Waals surface area contributed by atoms with E-state index in [9.17, 15) is 30.0 Å². The van der Waals surface area contributed by atoms with Crippen molar-refractivity contribution < 1.29 is 55.0 Å². The molecule has 2 fully saturated rings. The zero-order chi connectivity index (χ0) is 30.4. The lowest BCUT2D eigenvalue weighted by atomic mass is 10.1. The molecular weight excluding hydrogens is 552 g/mol. The van der Waals surface area contributed by atoms with Crippen molar-refractivity contribution in [1.29, 1.82) is 0 Å². The predicted molar refractivity (Wildman–Crippen MR) is 136 cm³/mol. The van der Waals surface area contributed by atoms with Crippen molar-refractivity contribution in [3.63, 3.8) is 0 Å². The van der Waals surface area contributed by atoms with Gasteiger partial charge in [-0.1, -0.05) is 20.4 Å². The van der Waals surface area contributed by atoms with Gasteiger partial charge in [0.1, 0.15) is 49.1 Å². The molecule has 0 spiro atoms. The second-order valence-electron chi connectivity index (χ2n) is 9.42. The van der Waals surface area contributed by atoms with Crippen molar-refractivity contribution in [2.75, 3.05) is 18.7 Å². The van der Waals surface area contributed by atoms with E-state index in [1.807, 2.05) is 5.48 Å². The van der Waals surface area contributed by atoms with Gasteiger partial charge in [-0.15, -0.1) is 0 Å². The van der Waals surface area contributed by atoms with Gasteiger partial charge in [-0.05, 0) is 12.1 Å². The summed E-state index contributed by atoms with van der Waals surface area (Å²) in [6.07, 6.45) is -4.80. The molecule has 9 N–H and O–H groups in total. The maximum absolute atomic E-state index is 11.6. The third-order valence-corrected chi connectivity index (χ3v) is 6.26. The number of hydrogen-bond donors (Lipinski definition) is 9. The molecule has 1 aromatic rings. The summed E-state index contributed by atoms with van der Waals surface area (Å²) in [4.78, 5) is 31.9. The molecule has 3 aliphatic heterocycles. The molecule has 0 amide bonds. The normalized spacial score (nSPS) is 31.0. The quantitative estimate of drug-likeness (QED) is 0.114. The first-order valence-corrected chi connectivity index (χ1v) is 12.4. The molecule has 0 unspecified atom stereocenters. The number of hydroxylamine groups is 1. The van der Waals surface area contributed by atoms with Gasteiger partial charge < -0.3 is 44.6 Å². The fourth-order valence-electron chi connectivity index (χ4n) is 3.97. The largest absolute Gasteiger partial charge is 0.463 e. The molecular formula is C23H34N6O12. The van der Waals surface area contributed by atoms with Crippen LogP contribution in [-0.2, 0) is 19.0 Å². The molecule has 228 valence electrons. The van der Waals surface area contributed by atoms with Crippen LogP contribution in [-0.4, -0.2) is 118 Å². The Morgan fingerprint density at radius 3 is 2.24 bits per heavy atom. The topological polar surface area (TPSA) is 261 Å². The number of nitrogens with one attached hydrogen (secondary N) is 2. The molecule has 4 rings (SSSR count). The Bertz CT molecular complexity index is 1190. The molecule has 3 aliphatic rings. The van der Waals surface area contributed by atoms with Crippen LogP contribution in [0.2, 0.25) is 0 Å². The molecule has 2 saturated heterocycles. The molecule has 0 saturated carbocycles. The van der Waals surface area contributed by atoms with E-state index >= 15 is 0 Å². The monoisotopic (exact) mass is 586 g/mol. The van der Waals surface area contributed by atoms with E-state index in [2.05, 4.69) is 16.6 Å². The number of rotatable bonds is 7. The number of carbonyl (C=O) groups excluding carboxylic acids is 1. The minimum absolute atomic E-state index is 0.0528. The number of hydrogen-bond acceptors (Lipinski definition) is 17. The molecule has 1 aromatic heterocycles. The second-order valence-corrected chi connectivity index (χ2v) is 9.42. The number of esters is 1. The fourth-order valence-corrected chi connectivity index (χ4v) is 3.97. The van der Waals surface area contributed by atoms with Crippen LogP contribution >= 0.6 is 0 Å². The third-order valence-electron chi connectivity index (χ3n) is 6.26. The summed E-state index contributed by atoms with van der Waals surface area (Å²) in [6, 6.07) is 1.29. The molecule has 8 atom stereocenters. The summed E-state index contributed by atoms with van der Waals surface area (Å²) in [5.74, 6) is -0.369. The van der Waals surface area contributed by atoms with E-state index in [1.165, 1.54) is 29.4 Å².